The van der Waals surface area contributed by atoms with Crippen molar-refractivity contribution in [3.63, 3.8) is 0 Å². The Hall–Kier alpha value is -1.55. The first kappa shape index (κ1) is 9.98. The summed E-state index contributed by atoms with van der Waals surface area (Å²) in [7, 11) is 0. The predicted molar refractivity (Wildman–Crippen MR) is 55.5 cm³/mol. The highest BCUT2D eigenvalue weighted by atomic mass is 16.5. The van der Waals surface area contributed by atoms with Gasteiger partial charge in [0, 0.05) is 18.8 Å². The summed E-state index contributed by atoms with van der Waals surface area (Å²) in [5.41, 5.74) is 2.02. The maximum atomic E-state index is 10.0. The van der Waals surface area contributed by atoms with Gasteiger partial charge in [-0.25, -0.2) is 0 Å². The molecule has 0 aliphatic carbocycles. The number of aliphatic hydroxyl groups is 1. The SMILES string of the molecule is O=COCc1cccc(N2CC(O)C2)c1. The number of benzene rings is 1. The lowest BCUT2D eigenvalue weighted by Crippen LogP contribution is -2.50. The van der Waals surface area contributed by atoms with Crippen molar-refractivity contribution in [2.75, 3.05) is 18.0 Å². The van der Waals surface area contributed by atoms with E-state index in [1.54, 1.807) is 0 Å². The van der Waals surface area contributed by atoms with Crippen LogP contribution in [0.25, 0.3) is 0 Å². The van der Waals surface area contributed by atoms with Crippen molar-refractivity contribution in [3.05, 3.63) is 29.8 Å². The first-order chi connectivity index (χ1) is 7.29. The van der Waals surface area contributed by atoms with E-state index in [1.807, 2.05) is 24.3 Å². The van der Waals surface area contributed by atoms with Crippen molar-refractivity contribution >= 4 is 12.2 Å². The second kappa shape index (κ2) is 4.31. The molecule has 1 aromatic carbocycles. The minimum Gasteiger partial charge on any atom is -0.463 e. The highest BCUT2D eigenvalue weighted by Gasteiger charge is 2.24. The minimum atomic E-state index is -0.208. The van der Waals surface area contributed by atoms with Crippen molar-refractivity contribution in [2.45, 2.75) is 12.7 Å². The molecule has 0 amide bonds. The van der Waals surface area contributed by atoms with Gasteiger partial charge < -0.3 is 14.7 Å². The molecule has 1 heterocycles. The summed E-state index contributed by atoms with van der Waals surface area (Å²) < 4.78 is 4.68. The first-order valence-electron chi connectivity index (χ1n) is 4.87. The van der Waals surface area contributed by atoms with E-state index < -0.39 is 0 Å². The van der Waals surface area contributed by atoms with E-state index in [4.69, 9.17) is 0 Å². The van der Waals surface area contributed by atoms with Gasteiger partial charge in [-0.2, -0.15) is 0 Å². The van der Waals surface area contributed by atoms with Gasteiger partial charge in [0.05, 0.1) is 6.10 Å². The molecular weight excluding hydrogens is 194 g/mol. The molecule has 1 N–H and O–H groups in total. The van der Waals surface area contributed by atoms with Crippen LogP contribution in [0.1, 0.15) is 5.56 Å². The zero-order valence-electron chi connectivity index (χ0n) is 8.30. The quantitative estimate of drug-likeness (QED) is 0.732. The van der Waals surface area contributed by atoms with E-state index in [0.717, 1.165) is 11.3 Å². The molecular formula is C11H13NO3. The third-order valence-corrected chi connectivity index (χ3v) is 2.46. The van der Waals surface area contributed by atoms with Gasteiger partial charge in [-0.15, -0.1) is 0 Å². The fraction of sp³-hybridized carbons (Fsp3) is 0.364. The summed E-state index contributed by atoms with van der Waals surface area (Å²) >= 11 is 0. The monoisotopic (exact) mass is 207 g/mol. The molecule has 80 valence electrons. The summed E-state index contributed by atoms with van der Waals surface area (Å²) in [6.45, 7) is 2.10. The van der Waals surface area contributed by atoms with Crippen LogP contribution in [0.2, 0.25) is 0 Å². The first-order valence-corrected chi connectivity index (χ1v) is 4.87. The van der Waals surface area contributed by atoms with Gasteiger partial charge in [-0.3, -0.25) is 4.79 Å². The number of ether oxygens (including phenoxy) is 1. The lowest BCUT2D eigenvalue weighted by molar-refractivity contribution is -0.129. The molecule has 0 radical (unpaired) electrons. The molecule has 2 rings (SSSR count). The molecule has 15 heavy (non-hydrogen) atoms. The summed E-state index contributed by atoms with van der Waals surface area (Å²) in [5, 5.41) is 9.18. The van der Waals surface area contributed by atoms with Crippen molar-refractivity contribution in [1.29, 1.82) is 0 Å². The maximum Gasteiger partial charge on any atom is 0.293 e. The lowest BCUT2D eigenvalue weighted by Gasteiger charge is -2.38. The molecule has 0 atom stereocenters. The fourth-order valence-corrected chi connectivity index (χ4v) is 1.64. The van der Waals surface area contributed by atoms with Crippen LogP contribution >= 0.6 is 0 Å². The van der Waals surface area contributed by atoms with Gasteiger partial charge in [0.15, 0.2) is 0 Å². The molecule has 0 bridgehead atoms. The summed E-state index contributed by atoms with van der Waals surface area (Å²) in [6.07, 6.45) is -0.208. The Morgan fingerprint density at radius 3 is 3.00 bits per heavy atom. The zero-order chi connectivity index (χ0) is 10.7. The van der Waals surface area contributed by atoms with E-state index in [0.29, 0.717) is 26.2 Å². The van der Waals surface area contributed by atoms with Gasteiger partial charge >= 0.3 is 0 Å². The topological polar surface area (TPSA) is 49.8 Å². The highest BCUT2D eigenvalue weighted by Crippen LogP contribution is 2.21. The Morgan fingerprint density at radius 1 is 1.53 bits per heavy atom. The number of aliphatic hydroxyl groups excluding tert-OH is 1. The Kier molecular flexibility index (Phi) is 2.87. The van der Waals surface area contributed by atoms with Crippen LogP contribution in [-0.4, -0.2) is 30.8 Å². The Morgan fingerprint density at radius 2 is 2.33 bits per heavy atom. The van der Waals surface area contributed by atoms with Crippen LogP contribution in [0.15, 0.2) is 24.3 Å². The largest absolute Gasteiger partial charge is 0.463 e. The van der Waals surface area contributed by atoms with Crippen LogP contribution in [0.5, 0.6) is 0 Å². The number of rotatable bonds is 4. The molecule has 0 spiro atoms. The number of β-amino-alcohol motifs (C(OH)–C–C–N with tert-alkyl or cyclic N) is 1. The smallest absolute Gasteiger partial charge is 0.293 e. The van der Waals surface area contributed by atoms with Gasteiger partial charge in [-0.1, -0.05) is 12.1 Å². The summed E-state index contributed by atoms with van der Waals surface area (Å²) in [6, 6.07) is 7.78. The molecule has 1 saturated heterocycles. The molecule has 1 aliphatic rings. The fourth-order valence-electron chi connectivity index (χ4n) is 1.64. The Bertz CT molecular complexity index is 347. The number of anilines is 1. The molecule has 0 saturated carbocycles. The number of hydrogen-bond acceptors (Lipinski definition) is 4. The van der Waals surface area contributed by atoms with Crippen LogP contribution < -0.4 is 4.90 Å². The second-order valence-electron chi connectivity index (χ2n) is 3.64. The lowest BCUT2D eigenvalue weighted by atomic mass is 10.1. The van der Waals surface area contributed by atoms with Gasteiger partial charge in [-0.05, 0) is 17.7 Å². The van der Waals surface area contributed by atoms with E-state index in [1.165, 1.54) is 0 Å². The summed E-state index contributed by atoms with van der Waals surface area (Å²) in [4.78, 5) is 12.1. The van der Waals surface area contributed by atoms with Crippen LogP contribution in [0.4, 0.5) is 5.69 Å². The number of carbonyl (C=O) groups is 1. The average Bonchev–Trinajstić information content (AvgIpc) is 2.22. The molecule has 0 unspecified atom stereocenters. The van der Waals surface area contributed by atoms with Crippen molar-refractivity contribution in [2.24, 2.45) is 0 Å². The van der Waals surface area contributed by atoms with Gasteiger partial charge in [0.25, 0.3) is 6.47 Å². The predicted octanol–water partition coefficient (Wildman–Crippen LogP) is 0.540. The van der Waals surface area contributed by atoms with E-state index in [2.05, 4.69) is 9.64 Å². The number of nitrogens with zero attached hydrogens (tertiary/aromatic N) is 1. The minimum absolute atomic E-state index is 0.208. The molecule has 1 aromatic rings. The molecule has 1 aliphatic heterocycles. The number of carbonyl (C=O) groups excluding carboxylic acids is 1. The van der Waals surface area contributed by atoms with E-state index >= 15 is 0 Å². The zero-order valence-corrected chi connectivity index (χ0v) is 8.30. The van der Waals surface area contributed by atoms with Crippen LogP contribution in [0, 0.1) is 0 Å². The standard InChI is InChI=1S/C11H13NO3/c13-8-15-7-9-2-1-3-10(4-9)12-5-11(14)6-12/h1-4,8,11,14H,5-7H2. The number of hydrogen-bond donors (Lipinski definition) is 1. The van der Waals surface area contributed by atoms with Crippen molar-refractivity contribution < 1.29 is 14.6 Å². The molecule has 1 fully saturated rings. The van der Waals surface area contributed by atoms with Gasteiger partial charge in [0.2, 0.25) is 0 Å². The second-order valence-corrected chi connectivity index (χ2v) is 3.64. The highest BCUT2D eigenvalue weighted by molar-refractivity contribution is 5.51. The third kappa shape index (κ3) is 2.27. The van der Waals surface area contributed by atoms with Gasteiger partial charge in [0.1, 0.15) is 6.61 Å². The Balaban J connectivity index is 2.02. The maximum absolute atomic E-state index is 10.0. The van der Waals surface area contributed by atoms with E-state index in [9.17, 15) is 9.90 Å². The molecule has 4 nitrogen and oxygen atoms in total. The molecule has 0 aromatic heterocycles. The Labute approximate surface area is 88.1 Å². The van der Waals surface area contributed by atoms with E-state index in [-0.39, 0.29) is 6.10 Å². The molecule has 4 heteroatoms. The summed E-state index contributed by atoms with van der Waals surface area (Å²) in [5.74, 6) is 0. The van der Waals surface area contributed by atoms with Crippen molar-refractivity contribution in [1.82, 2.24) is 0 Å². The normalized spacial score (nSPS) is 15.9. The average molecular weight is 207 g/mol. The third-order valence-electron chi connectivity index (χ3n) is 2.46. The van der Waals surface area contributed by atoms with Crippen LogP contribution in [-0.2, 0) is 16.1 Å². The van der Waals surface area contributed by atoms with Crippen molar-refractivity contribution in [3.8, 4) is 0 Å². The van der Waals surface area contributed by atoms with Crippen LogP contribution in [0.3, 0.4) is 0 Å².